The summed E-state index contributed by atoms with van der Waals surface area (Å²) in [5.74, 6) is -0.423. The molecule has 0 aliphatic rings. The molecule has 0 aromatic heterocycles. The van der Waals surface area contributed by atoms with Gasteiger partial charge < -0.3 is 10.1 Å². The topological polar surface area (TPSA) is 38.3 Å². The number of carbonyl (C=O) groups is 1. The fraction of sp³-hybridized carbons (Fsp3) is 0.462. The fourth-order valence-corrected chi connectivity index (χ4v) is 1.75. The molecule has 1 aromatic carbocycles. The van der Waals surface area contributed by atoms with E-state index in [9.17, 15) is 18.0 Å². The van der Waals surface area contributed by atoms with Gasteiger partial charge in [-0.15, -0.1) is 0 Å². The Kier molecular flexibility index (Phi) is 4.91. The lowest BCUT2D eigenvalue weighted by Crippen LogP contribution is -2.33. The van der Waals surface area contributed by atoms with Gasteiger partial charge in [0.25, 0.3) is 0 Å². The summed E-state index contributed by atoms with van der Waals surface area (Å²) in [5, 5.41) is 2.79. The van der Waals surface area contributed by atoms with E-state index < -0.39 is 23.1 Å². The lowest BCUT2D eigenvalue weighted by molar-refractivity contribution is -0.149. The van der Waals surface area contributed by atoms with Gasteiger partial charge in [0, 0.05) is 6.54 Å². The summed E-state index contributed by atoms with van der Waals surface area (Å²) in [7, 11) is 1.27. The number of rotatable bonds is 4. The molecule has 0 radical (unpaired) electrons. The van der Waals surface area contributed by atoms with Gasteiger partial charge in [0.05, 0.1) is 28.8 Å². The minimum Gasteiger partial charge on any atom is -0.469 e. The quantitative estimate of drug-likeness (QED) is 0.855. The fourth-order valence-electron chi connectivity index (χ4n) is 1.50. The van der Waals surface area contributed by atoms with Gasteiger partial charge in [-0.1, -0.05) is 11.6 Å². The van der Waals surface area contributed by atoms with Gasteiger partial charge in [-0.25, -0.2) is 0 Å². The van der Waals surface area contributed by atoms with Crippen LogP contribution in [0.1, 0.15) is 19.4 Å². The maximum absolute atomic E-state index is 12.5. The predicted octanol–water partition coefficient (Wildman–Crippen LogP) is 3.97. The Morgan fingerprint density at radius 2 is 1.95 bits per heavy atom. The Morgan fingerprint density at radius 3 is 2.40 bits per heavy atom. The zero-order valence-electron chi connectivity index (χ0n) is 11.3. The number of nitrogens with one attached hydrogen (secondary N) is 1. The summed E-state index contributed by atoms with van der Waals surface area (Å²) in [4.78, 5) is 11.5. The summed E-state index contributed by atoms with van der Waals surface area (Å²) in [5.41, 5.74) is -1.31. The monoisotopic (exact) mass is 309 g/mol. The first-order valence-electron chi connectivity index (χ1n) is 5.77. The highest BCUT2D eigenvalue weighted by Gasteiger charge is 2.31. The van der Waals surface area contributed by atoms with Crippen LogP contribution in [0.2, 0.25) is 5.02 Å². The second-order valence-corrected chi connectivity index (χ2v) is 5.33. The van der Waals surface area contributed by atoms with E-state index in [-0.39, 0.29) is 11.6 Å². The van der Waals surface area contributed by atoms with Crippen molar-refractivity contribution in [2.24, 2.45) is 5.41 Å². The average molecular weight is 310 g/mol. The summed E-state index contributed by atoms with van der Waals surface area (Å²) in [6.07, 6.45) is -4.44. The standard InChI is InChI=1S/C13H15ClF3NO2/c1-12(2,11(19)20-3)7-18-10-5-4-8(6-9(10)14)13(15,16)17/h4-6,18H,7H2,1-3H3. The second-order valence-electron chi connectivity index (χ2n) is 4.92. The molecule has 1 rings (SSSR count). The Balaban J connectivity index is 2.83. The number of halogens is 4. The number of methoxy groups -OCH3 is 1. The molecule has 0 saturated carbocycles. The first-order valence-corrected chi connectivity index (χ1v) is 6.15. The largest absolute Gasteiger partial charge is 0.469 e. The zero-order valence-corrected chi connectivity index (χ0v) is 12.0. The van der Waals surface area contributed by atoms with Crippen LogP contribution in [-0.2, 0) is 15.7 Å². The average Bonchev–Trinajstić information content (AvgIpc) is 2.35. The molecule has 0 fully saturated rings. The van der Waals surface area contributed by atoms with Crippen molar-refractivity contribution in [2.75, 3.05) is 19.0 Å². The summed E-state index contributed by atoms with van der Waals surface area (Å²) in [6, 6.07) is 3.01. The number of alkyl halides is 3. The summed E-state index contributed by atoms with van der Waals surface area (Å²) >= 11 is 5.80. The van der Waals surface area contributed by atoms with E-state index in [1.165, 1.54) is 13.2 Å². The molecule has 7 heteroatoms. The van der Waals surface area contributed by atoms with Crippen molar-refractivity contribution in [3.8, 4) is 0 Å². The van der Waals surface area contributed by atoms with Crippen LogP contribution in [-0.4, -0.2) is 19.6 Å². The van der Waals surface area contributed by atoms with Crippen LogP contribution in [0.3, 0.4) is 0 Å². The number of hydrogen-bond donors (Lipinski definition) is 1. The third-order valence-electron chi connectivity index (χ3n) is 2.76. The molecule has 0 heterocycles. The Labute approximate surface area is 120 Å². The number of hydrogen-bond acceptors (Lipinski definition) is 3. The molecule has 0 aliphatic heterocycles. The number of carbonyl (C=O) groups excluding carboxylic acids is 1. The van der Waals surface area contributed by atoms with Crippen LogP contribution in [0, 0.1) is 5.41 Å². The van der Waals surface area contributed by atoms with Gasteiger partial charge in [0.15, 0.2) is 0 Å². The van der Waals surface area contributed by atoms with Gasteiger partial charge in [0.1, 0.15) is 0 Å². The van der Waals surface area contributed by atoms with Crippen LogP contribution in [0.15, 0.2) is 18.2 Å². The van der Waals surface area contributed by atoms with Crippen molar-refractivity contribution in [2.45, 2.75) is 20.0 Å². The van der Waals surface area contributed by atoms with Crippen molar-refractivity contribution in [1.29, 1.82) is 0 Å². The van der Waals surface area contributed by atoms with Crippen LogP contribution in [0.5, 0.6) is 0 Å². The molecule has 1 aromatic rings. The van der Waals surface area contributed by atoms with Crippen molar-refractivity contribution >= 4 is 23.3 Å². The molecular weight excluding hydrogens is 295 g/mol. The van der Waals surface area contributed by atoms with E-state index in [2.05, 4.69) is 10.1 Å². The highest BCUT2D eigenvalue weighted by atomic mass is 35.5. The smallest absolute Gasteiger partial charge is 0.416 e. The Bertz CT molecular complexity index is 501. The second kappa shape index (κ2) is 5.91. The number of benzene rings is 1. The van der Waals surface area contributed by atoms with Crippen LogP contribution >= 0.6 is 11.6 Å². The predicted molar refractivity (Wildman–Crippen MR) is 70.7 cm³/mol. The number of esters is 1. The maximum Gasteiger partial charge on any atom is 0.416 e. The van der Waals surface area contributed by atoms with Crippen LogP contribution in [0.4, 0.5) is 18.9 Å². The first kappa shape index (κ1) is 16.6. The molecule has 0 amide bonds. The normalized spacial score (nSPS) is 12.2. The molecule has 0 atom stereocenters. The van der Waals surface area contributed by atoms with Gasteiger partial charge >= 0.3 is 12.1 Å². The molecule has 1 N–H and O–H groups in total. The third-order valence-corrected chi connectivity index (χ3v) is 3.07. The van der Waals surface area contributed by atoms with Gasteiger partial charge in [0.2, 0.25) is 0 Å². The molecule has 0 unspecified atom stereocenters. The van der Waals surface area contributed by atoms with Crippen molar-refractivity contribution in [1.82, 2.24) is 0 Å². The van der Waals surface area contributed by atoms with Crippen LogP contribution < -0.4 is 5.32 Å². The van der Waals surface area contributed by atoms with Gasteiger partial charge in [-0.05, 0) is 32.0 Å². The van der Waals surface area contributed by atoms with Gasteiger partial charge in [-0.3, -0.25) is 4.79 Å². The lowest BCUT2D eigenvalue weighted by atomic mass is 9.93. The highest BCUT2D eigenvalue weighted by molar-refractivity contribution is 6.33. The van der Waals surface area contributed by atoms with E-state index in [1.54, 1.807) is 13.8 Å². The molecular formula is C13H15ClF3NO2. The van der Waals surface area contributed by atoms with E-state index in [1.807, 2.05) is 0 Å². The molecule has 0 bridgehead atoms. The zero-order chi connectivity index (χ0) is 15.6. The third kappa shape index (κ3) is 4.03. The summed E-state index contributed by atoms with van der Waals surface area (Å²) in [6.45, 7) is 3.50. The highest BCUT2D eigenvalue weighted by Crippen LogP contribution is 2.34. The summed E-state index contributed by atoms with van der Waals surface area (Å²) < 4.78 is 42.1. The van der Waals surface area contributed by atoms with E-state index >= 15 is 0 Å². The Hall–Kier alpha value is -1.43. The minimum absolute atomic E-state index is 0.0551. The lowest BCUT2D eigenvalue weighted by Gasteiger charge is -2.23. The number of anilines is 1. The molecule has 3 nitrogen and oxygen atoms in total. The molecule has 112 valence electrons. The number of ether oxygens (including phenoxy) is 1. The van der Waals surface area contributed by atoms with E-state index in [4.69, 9.17) is 11.6 Å². The minimum atomic E-state index is -4.44. The van der Waals surface area contributed by atoms with Crippen LogP contribution in [0.25, 0.3) is 0 Å². The molecule has 20 heavy (non-hydrogen) atoms. The molecule has 0 aliphatic carbocycles. The Morgan fingerprint density at radius 1 is 1.35 bits per heavy atom. The van der Waals surface area contributed by atoms with E-state index in [0.29, 0.717) is 5.69 Å². The van der Waals surface area contributed by atoms with Gasteiger partial charge in [-0.2, -0.15) is 13.2 Å². The van der Waals surface area contributed by atoms with Crippen molar-refractivity contribution in [3.05, 3.63) is 28.8 Å². The van der Waals surface area contributed by atoms with Crippen molar-refractivity contribution in [3.63, 3.8) is 0 Å². The molecule has 0 saturated heterocycles. The maximum atomic E-state index is 12.5. The van der Waals surface area contributed by atoms with E-state index in [0.717, 1.165) is 12.1 Å². The SMILES string of the molecule is COC(=O)C(C)(C)CNc1ccc(C(F)(F)F)cc1Cl. The first-order chi connectivity index (χ1) is 9.08. The molecule has 0 spiro atoms. The van der Waals surface area contributed by atoms with Crippen molar-refractivity contribution < 1.29 is 22.7 Å².